The van der Waals surface area contributed by atoms with Crippen molar-refractivity contribution < 1.29 is 33.1 Å². The Hall–Kier alpha value is -0.0100. The van der Waals surface area contributed by atoms with Crippen LogP contribution in [0.15, 0.2) is 0 Å². The molecule has 2 N–H and O–H groups in total. The standard InChI is InChI=1S/C12H27O7P/c1-2-3-4-5-6-16-7-8-17-9-10-18-11-12-19-20(13,14)15/h2-12H2,1H3,(H2,13,14,15). The molecular formula is C12H27O7P. The molecule has 0 spiro atoms. The van der Waals surface area contributed by atoms with E-state index in [1.807, 2.05) is 0 Å². The number of unbranched alkanes of at least 4 members (excludes halogenated alkanes) is 3. The Labute approximate surface area is 120 Å². The number of phosphoric ester groups is 1. The molecule has 0 rings (SSSR count). The van der Waals surface area contributed by atoms with Gasteiger partial charge in [-0.2, -0.15) is 0 Å². The molecule has 0 atom stereocenters. The average Bonchev–Trinajstić information content (AvgIpc) is 2.38. The normalized spacial score (nSPS) is 11.9. The van der Waals surface area contributed by atoms with E-state index >= 15 is 0 Å². The first-order valence-electron chi connectivity index (χ1n) is 6.99. The molecule has 0 radical (unpaired) electrons. The molecule has 8 heteroatoms. The van der Waals surface area contributed by atoms with Crippen molar-refractivity contribution in [1.82, 2.24) is 0 Å². The van der Waals surface area contributed by atoms with Crippen LogP contribution in [0.25, 0.3) is 0 Å². The summed E-state index contributed by atoms with van der Waals surface area (Å²) in [5.74, 6) is 0. The summed E-state index contributed by atoms with van der Waals surface area (Å²) >= 11 is 0. The fraction of sp³-hybridized carbons (Fsp3) is 1.00. The SMILES string of the molecule is CCCCCCOCCOCCOCCOP(=O)(O)O. The maximum Gasteiger partial charge on any atom is 0.469 e. The van der Waals surface area contributed by atoms with Gasteiger partial charge in [-0.3, -0.25) is 4.52 Å². The van der Waals surface area contributed by atoms with Crippen LogP contribution in [0.4, 0.5) is 0 Å². The second kappa shape index (κ2) is 13.9. The van der Waals surface area contributed by atoms with Gasteiger partial charge in [0.15, 0.2) is 0 Å². The van der Waals surface area contributed by atoms with Crippen molar-refractivity contribution in [3.8, 4) is 0 Å². The van der Waals surface area contributed by atoms with E-state index in [2.05, 4.69) is 11.4 Å². The molecule has 0 saturated carbocycles. The highest BCUT2D eigenvalue weighted by atomic mass is 31.2. The Morgan fingerprint density at radius 1 is 0.750 bits per heavy atom. The summed E-state index contributed by atoms with van der Waals surface area (Å²) in [6, 6.07) is 0. The molecule has 0 unspecified atom stereocenters. The van der Waals surface area contributed by atoms with Crippen LogP contribution in [-0.4, -0.2) is 56.0 Å². The lowest BCUT2D eigenvalue weighted by Gasteiger charge is -2.07. The van der Waals surface area contributed by atoms with Gasteiger partial charge < -0.3 is 24.0 Å². The van der Waals surface area contributed by atoms with Crippen molar-refractivity contribution in [3.05, 3.63) is 0 Å². The monoisotopic (exact) mass is 314 g/mol. The van der Waals surface area contributed by atoms with Crippen LogP contribution in [0.3, 0.4) is 0 Å². The minimum absolute atomic E-state index is 0.127. The first-order chi connectivity index (χ1) is 9.56. The Bertz CT molecular complexity index is 244. The summed E-state index contributed by atoms with van der Waals surface area (Å²) in [5, 5.41) is 0. The average molecular weight is 314 g/mol. The van der Waals surface area contributed by atoms with Crippen molar-refractivity contribution in [1.29, 1.82) is 0 Å². The van der Waals surface area contributed by atoms with Gasteiger partial charge >= 0.3 is 7.82 Å². The van der Waals surface area contributed by atoms with Gasteiger partial charge in [0, 0.05) is 6.61 Å². The summed E-state index contributed by atoms with van der Waals surface area (Å²) in [6.07, 6.45) is 4.78. The minimum Gasteiger partial charge on any atom is -0.379 e. The Kier molecular flexibility index (Phi) is 13.9. The lowest BCUT2D eigenvalue weighted by Crippen LogP contribution is -2.11. The highest BCUT2D eigenvalue weighted by Gasteiger charge is 2.12. The Morgan fingerprint density at radius 3 is 1.75 bits per heavy atom. The van der Waals surface area contributed by atoms with E-state index in [0.717, 1.165) is 13.0 Å². The maximum absolute atomic E-state index is 10.3. The summed E-state index contributed by atoms with van der Waals surface area (Å²) in [6.45, 7) is 4.84. The molecule has 0 saturated heterocycles. The largest absolute Gasteiger partial charge is 0.469 e. The van der Waals surface area contributed by atoms with Crippen LogP contribution in [0, 0.1) is 0 Å². The minimum atomic E-state index is -4.38. The molecule has 0 amide bonds. The highest BCUT2D eigenvalue weighted by Crippen LogP contribution is 2.35. The van der Waals surface area contributed by atoms with Gasteiger partial charge in [-0.05, 0) is 6.42 Å². The van der Waals surface area contributed by atoms with E-state index < -0.39 is 7.82 Å². The van der Waals surface area contributed by atoms with Gasteiger partial charge in [0.05, 0.1) is 39.6 Å². The predicted octanol–water partition coefficient (Wildman–Crippen LogP) is 1.73. The van der Waals surface area contributed by atoms with E-state index in [-0.39, 0.29) is 13.2 Å². The molecule has 0 bridgehead atoms. The van der Waals surface area contributed by atoms with Crippen molar-refractivity contribution in [2.75, 3.05) is 46.2 Å². The number of hydrogen-bond donors (Lipinski definition) is 2. The van der Waals surface area contributed by atoms with E-state index in [0.29, 0.717) is 26.4 Å². The summed E-state index contributed by atoms with van der Waals surface area (Å²) in [5.41, 5.74) is 0. The van der Waals surface area contributed by atoms with Gasteiger partial charge in [0.1, 0.15) is 0 Å². The second-order valence-electron chi connectivity index (χ2n) is 4.22. The number of phosphoric acid groups is 1. The third kappa shape index (κ3) is 18.0. The zero-order valence-electron chi connectivity index (χ0n) is 12.2. The quantitative estimate of drug-likeness (QED) is 0.351. The van der Waals surface area contributed by atoms with Gasteiger partial charge in [0.2, 0.25) is 0 Å². The molecule has 0 heterocycles. The van der Waals surface area contributed by atoms with Crippen molar-refractivity contribution >= 4 is 7.82 Å². The number of hydrogen-bond acceptors (Lipinski definition) is 5. The van der Waals surface area contributed by atoms with Crippen LogP contribution in [0.1, 0.15) is 32.6 Å². The summed E-state index contributed by atoms with van der Waals surface area (Å²) < 4.78 is 30.3. The Morgan fingerprint density at radius 2 is 1.25 bits per heavy atom. The number of ether oxygens (including phenoxy) is 3. The van der Waals surface area contributed by atoms with E-state index in [1.165, 1.54) is 19.3 Å². The lowest BCUT2D eigenvalue weighted by molar-refractivity contribution is 0.00703. The maximum atomic E-state index is 10.3. The smallest absolute Gasteiger partial charge is 0.379 e. The van der Waals surface area contributed by atoms with E-state index in [4.69, 9.17) is 24.0 Å². The molecule has 122 valence electrons. The van der Waals surface area contributed by atoms with Gasteiger partial charge in [-0.15, -0.1) is 0 Å². The lowest BCUT2D eigenvalue weighted by atomic mass is 10.2. The molecule has 0 aromatic rings. The predicted molar refractivity (Wildman–Crippen MR) is 74.6 cm³/mol. The molecule has 0 fully saturated rings. The molecular weight excluding hydrogens is 287 g/mol. The molecule has 0 aromatic carbocycles. The van der Waals surface area contributed by atoms with Crippen LogP contribution in [-0.2, 0) is 23.3 Å². The third-order valence-electron chi connectivity index (χ3n) is 2.37. The molecule has 0 aliphatic carbocycles. The van der Waals surface area contributed by atoms with E-state index in [9.17, 15) is 4.57 Å². The first kappa shape index (κ1) is 20.0. The summed E-state index contributed by atoms with van der Waals surface area (Å²) in [4.78, 5) is 16.8. The third-order valence-corrected chi connectivity index (χ3v) is 2.89. The second-order valence-corrected chi connectivity index (χ2v) is 5.46. The number of rotatable bonds is 15. The Balaban J connectivity index is 3.01. The fourth-order valence-electron chi connectivity index (χ4n) is 1.39. The molecule has 0 aliphatic heterocycles. The van der Waals surface area contributed by atoms with Crippen molar-refractivity contribution in [3.63, 3.8) is 0 Å². The zero-order valence-corrected chi connectivity index (χ0v) is 13.1. The van der Waals surface area contributed by atoms with Crippen LogP contribution >= 0.6 is 7.82 Å². The molecule has 20 heavy (non-hydrogen) atoms. The molecule has 0 aromatic heterocycles. The first-order valence-corrected chi connectivity index (χ1v) is 8.52. The van der Waals surface area contributed by atoms with Crippen molar-refractivity contribution in [2.45, 2.75) is 32.6 Å². The summed E-state index contributed by atoms with van der Waals surface area (Å²) in [7, 11) is -4.38. The molecule has 7 nitrogen and oxygen atoms in total. The van der Waals surface area contributed by atoms with Crippen molar-refractivity contribution in [2.24, 2.45) is 0 Å². The van der Waals surface area contributed by atoms with Gasteiger partial charge in [-0.1, -0.05) is 26.2 Å². The molecule has 0 aliphatic rings. The zero-order chi connectivity index (χ0) is 15.1. The van der Waals surface area contributed by atoms with Crippen LogP contribution < -0.4 is 0 Å². The van der Waals surface area contributed by atoms with Crippen LogP contribution in [0.2, 0.25) is 0 Å². The van der Waals surface area contributed by atoms with E-state index in [1.54, 1.807) is 0 Å². The topological polar surface area (TPSA) is 94.5 Å². The highest BCUT2D eigenvalue weighted by molar-refractivity contribution is 7.46. The fourth-order valence-corrected chi connectivity index (χ4v) is 1.70. The van der Waals surface area contributed by atoms with Crippen LogP contribution in [0.5, 0.6) is 0 Å². The van der Waals surface area contributed by atoms with Gasteiger partial charge in [0.25, 0.3) is 0 Å². The van der Waals surface area contributed by atoms with Gasteiger partial charge in [-0.25, -0.2) is 4.57 Å².